The molecule has 0 bridgehead atoms. The van der Waals surface area contributed by atoms with Crippen molar-refractivity contribution in [2.24, 2.45) is 0 Å². The zero-order valence-corrected chi connectivity index (χ0v) is 16.5. The van der Waals surface area contributed by atoms with Crippen molar-refractivity contribution in [1.29, 1.82) is 0 Å². The average molecular weight is 415 g/mol. The van der Waals surface area contributed by atoms with Crippen LogP contribution in [0.2, 0.25) is 5.02 Å². The van der Waals surface area contributed by atoms with Crippen LogP contribution in [-0.2, 0) is 15.8 Å². The van der Waals surface area contributed by atoms with Gasteiger partial charge in [-0.2, -0.15) is 0 Å². The van der Waals surface area contributed by atoms with Crippen LogP contribution in [0, 0.1) is 0 Å². The van der Waals surface area contributed by atoms with Crippen molar-refractivity contribution in [3.8, 4) is 10.6 Å². The third-order valence-corrected chi connectivity index (χ3v) is 6.53. The zero-order chi connectivity index (χ0) is 18.9. The lowest BCUT2D eigenvalue weighted by Gasteiger charge is -2.09. The number of fused-ring (bicyclic) bond motifs is 1. The molecular formula is C20H15ClN2O2S2. The van der Waals surface area contributed by atoms with Gasteiger partial charge in [-0.25, -0.2) is 13.4 Å². The summed E-state index contributed by atoms with van der Waals surface area (Å²) >= 11 is 7.53. The fourth-order valence-electron chi connectivity index (χ4n) is 2.74. The smallest absolute Gasteiger partial charge is 0.236 e. The van der Waals surface area contributed by atoms with Crippen LogP contribution < -0.4 is 4.72 Å². The number of para-hydroxylation sites is 1. The molecule has 0 saturated heterocycles. The molecule has 0 unspecified atom stereocenters. The number of anilines is 1. The summed E-state index contributed by atoms with van der Waals surface area (Å²) in [5, 5.41) is 1.42. The molecule has 0 aliphatic rings. The Bertz CT molecular complexity index is 1170. The lowest BCUT2D eigenvalue weighted by atomic mass is 10.2. The molecule has 136 valence electrons. The average Bonchev–Trinajstić information content (AvgIpc) is 3.05. The van der Waals surface area contributed by atoms with E-state index in [1.807, 2.05) is 36.4 Å². The number of hydrogen-bond donors (Lipinski definition) is 1. The molecule has 1 aromatic heterocycles. The predicted molar refractivity (Wildman–Crippen MR) is 113 cm³/mol. The van der Waals surface area contributed by atoms with Gasteiger partial charge in [-0.1, -0.05) is 35.9 Å². The van der Waals surface area contributed by atoms with Gasteiger partial charge in [0.1, 0.15) is 5.01 Å². The normalized spacial score (nSPS) is 11.6. The van der Waals surface area contributed by atoms with Gasteiger partial charge in [0.2, 0.25) is 10.0 Å². The van der Waals surface area contributed by atoms with Crippen molar-refractivity contribution in [3.63, 3.8) is 0 Å². The number of hydrogen-bond acceptors (Lipinski definition) is 4. The topological polar surface area (TPSA) is 59.1 Å². The first-order valence-corrected chi connectivity index (χ1v) is 11.0. The molecule has 0 radical (unpaired) electrons. The van der Waals surface area contributed by atoms with Gasteiger partial charge in [-0.15, -0.1) is 11.3 Å². The summed E-state index contributed by atoms with van der Waals surface area (Å²) in [6, 6.07) is 22.0. The Labute approximate surface area is 166 Å². The highest BCUT2D eigenvalue weighted by Crippen LogP contribution is 2.30. The van der Waals surface area contributed by atoms with Gasteiger partial charge in [0.05, 0.1) is 16.0 Å². The number of sulfonamides is 1. The quantitative estimate of drug-likeness (QED) is 0.465. The van der Waals surface area contributed by atoms with E-state index < -0.39 is 10.0 Å². The first kappa shape index (κ1) is 18.0. The number of thiazole rings is 1. The molecule has 0 atom stereocenters. The molecule has 7 heteroatoms. The molecule has 4 rings (SSSR count). The summed E-state index contributed by atoms with van der Waals surface area (Å²) in [7, 11) is -3.52. The van der Waals surface area contributed by atoms with Crippen LogP contribution in [0.15, 0.2) is 72.8 Å². The van der Waals surface area contributed by atoms with Crippen molar-refractivity contribution >= 4 is 48.9 Å². The largest absolute Gasteiger partial charge is 0.283 e. The number of benzene rings is 3. The molecule has 4 nitrogen and oxygen atoms in total. The van der Waals surface area contributed by atoms with Crippen LogP contribution >= 0.6 is 22.9 Å². The second-order valence-corrected chi connectivity index (χ2v) is 9.24. The summed E-state index contributed by atoms with van der Waals surface area (Å²) in [6.07, 6.45) is 0. The zero-order valence-electron chi connectivity index (χ0n) is 14.1. The van der Waals surface area contributed by atoms with Gasteiger partial charge in [-0.05, 0) is 54.1 Å². The Morgan fingerprint density at radius 3 is 2.48 bits per heavy atom. The second kappa shape index (κ2) is 7.31. The highest BCUT2D eigenvalue weighted by molar-refractivity contribution is 7.91. The van der Waals surface area contributed by atoms with Crippen molar-refractivity contribution in [2.75, 3.05) is 4.72 Å². The Morgan fingerprint density at radius 1 is 0.963 bits per heavy atom. The van der Waals surface area contributed by atoms with E-state index in [0.29, 0.717) is 16.3 Å². The van der Waals surface area contributed by atoms with Gasteiger partial charge in [0.25, 0.3) is 0 Å². The molecule has 0 saturated carbocycles. The first-order valence-electron chi connectivity index (χ1n) is 8.19. The molecule has 0 aliphatic heterocycles. The van der Waals surface area contributed by atoms with E-state index in [-0.39, 0.29) is 5.75 Å². The highest BCUT2D eigenvalue weighted by Gasteiger charge is 2.13. The van der Waals surface area contributed by atoms with E-state index >= 15 is 0 Å². The van der Waals surface area contributed by atoms with Gasteiger partial charge in [0, 0.05) is 16.3 Å². The number of aromatic nitrogens is 1. The molecule has 0 aliphatic carbocycles. The van der Waals surface area contributed by atoms with Crippen molar-refractivity contribution in [3.05, 3.63) is 83.4 Å². The molecule has 0 spiro atoms. The molecule has 4 aromatic rings. The van der Waals surface area contributed by atoms with Crippen molar-refractivity contribution < 1.29 is 8.42 Å². The fraction of sp³-hybridized carbons (Fsp3) is 0.0500. The predicted octanol–water partition coefficient (Wildman–Crippen LogP) is 5.56. The Balaban J connectivity index is 1.51. The van der Waals surface area contributed by atoms with Crippen LogP contribution in [0.4, 0.5) is 5.69 Å². The van der Waals surface area contributed by atoms with Gasteiger partial charge in [-0.3, -0.25) is 4.72 Å². The van der Waals surface area contributed by atoms with E-state index in [2.05, 4.69) is 9.71 Å². The number of rotatable bonds is 5. The second-order valence-electron chi connectivity index (χ2n) is 6.06. The summed E-state index contributed by atoms with van der Waals surface area (Å²) in [5.74, 6) is -0.132. The maximum Gasteiger partial charge on any atom is 0.236 e. The molecule has 0 fully saturated rings. The van der Waals surface area contributed by atoms with Crippen molar-refractivity contribution in [2.45, 2.75) is 5.75 Å². The Kier molecular flexibility index (Phi) is 4.86. The third-order valence-electron chi connectivity index (χ3n) is 3.94. The third kappa shape index (κ3) is 4.30. The summed E-state index contributed by atoms with van der Waals surface area (Å²) < 4.78 is 28.5. The Hall–Kier alpha value is -2.41. The van der Waals surface area contributed by atoms with E-state index in [4.69, 9.17) is 11.6 Å². The fourth-order valence-corrected chi connectivity index (χ4v) is 5.11. The van der Waals surface area contributed by atoms with Crippen LogP contribution in [0.5, 0.6) is 0 Å². The van der Waals surface area contributed by atoms with Crippen LogP contribution in [0.25, 0.3) is 20.8 Å². The molecular weight excluding hydrogens is 400 g/mol. The van der Waals surface area contributed by atoms with Crippen LogP contribution in [-0.4, -0.2) is 13.4 Å². The maximum atomic E-state index is 12.4. The minimum absolute atomic E-state index is 0.132. The number of nitrogens with one attached hydrogen (secondary N) is 1. The molecule has 3 aromatic carbocycles. The van der Waals surface area contributed by atoms with E-state index in [1.165, 1.54) is 0 Å². The van der Waals surface area contributed by atoms with Gasteiger partial charge in [0.15, 0.2) is 0 Å². The summed E-state index contributed by atoms with van der Waals surface area (Å²) in [4.78, 5) is 4.62. The lowest BCUT2D eigenvalue weighted by Crippen LogP contribution is -2.15. The van der Waals surface area contributed by atoms with E-state index in [0.717, 1.165) is 20.8 Å². The highest BCUT2D eigenvalue weighted by atomic mass is 35.5. The standard InChI is InChI=1S/C20H15ClN2O2S2/c21-16-5-3-4-14(12-16)13-27(24,25)23-17-10-8-15(9-11-17)20-22-18-6-1-2-7-19(18)26-20/h1-12,23H,13H2. The lowest BCUT2D eigenvalue weighted by molar-refractivity contribution is 0.600. The van der Waals surface area contributed by atoms with Gasteiger partial charge >= 0.3 is 0 Å². The monoisotopic (exact) mass is 414 g/mol. The van der Waals surface area contributed by atoms with Crippen LogP contribution in [0.1, 0.15) is 5.56 Å². The van der Waals surface area contributed by atoms with E-state index in [9.17, 15) is 8.42 Å². The van der Waals surface area contributed by atoms with Gasteiger partial charge < -0.3 is 0 Å². The maximum absolute atomic E-state index is 12.4. The SMILES string of the molecule is O=S(=O)(Cc1cccc(Cl)c1)Nc1ccc(-c2nc3ccccc3s2)cc1. The molecule has 1 heterocycles. The first-order chi connectivity index (χ1) is 13.0. The summed E-state index contributed by atoms with van der Waals surface area (Å²) in [5.41, 5.74) is 3.07. The van der Waals surface area contributed by atoms with Crippen molar-refractivity contribution in [1.82, 2.24) is 4.98 Å². The number of halogens is 1. The molecule has 1 N–H and O–H groups in total. The van der Waals surface area contributed by atoms with Crippen LogP contribution in [0.3, 0.4) is 0 Å². The number of nitrogens with zero attached hydrogens (tertiary/aromatic N) is 1. The minimum Gasteiger partial charge on any atom is -0.283 e. The minimum atomic E-state index is -3.52. The Morgan fingerprint density at radius 2 is 1.74 bits per heavy atom. The summed E-state index contributed by atoms with van der Waals surface area (Å²) in [6.45, 7) is 0. The van der Waals surface area contributed by atoms with E-state index in [1.54, 1.807) is 47.7 Å². The molecule has 27 heavy (non-hydrogen) atoms. The molecule has 0 amide bonds.